The molecule has 2 N–H and O–H groups in total. The van der Waals surface area contributed by atoms with Crippen LogP contribution < -0.4 is 5.32 Å². The smallest absolute Gasteiger partial charge is 0.269 e. The lowest BCUT2D eigenvalue weighted by atomic mass is 9.64. The topological polar surface area (TPSA) is 110 Å². The molecule has 162 valence electrons. The molecule has 0 aliphatic heterocycles. The first kappa shape index (κ1) is 22.8. The number of halogens is 1. The molecule has 0 aromatic heterocycles. The number of anilines is 1. The Hall–Kier alpha value is -2.84. The van der Waals surface area contributed by atoms with Gasteiger partial charge in [0.25, 0.3) is 5.69 Å². The van der Waals surface area contributed by atoms with E-state index < -0.39 is 22.4 Å². The Kier molecular flexibility index (Phi) is 6.43. The Bertz CT molecular complexity index is 1060. The first-order valence-electron chi connectivity index (χ1n) is 9.75. The molecule has 0 radical (unpaired) electrons. The van der Waals surface area contributed by atoms with Gasteiger partial charge in [0.2, 0.25) is 0 Å². The van der Waals surface area contributed by atoms with E-state index in [1.165, 1.54) is 26.0 Å². The quantitative estimate of drug-likeness (QED) is 0.450. The Balaban J connectivity index is 2.19. The summed E-state index contributed by atoms with van der Waals surface area (Å²) in [5.41, 5.74) is 0.702. The SMILES string of the molecule is CC(=O)C1=C(Nc2ccc(Br)cc2)C[C@](C)(O)[C@H](C(C)=O)[C@@H]1c1ccc([N+](=O)[O-])cc1. The minimum absolute atomic E-state index is 0.0890. The Labute approximate surface area is 188 Å². The van der Waals surface area contributed by atoms with Gasteiger partial charge in [0.1, 0.15) is 5.78 Å². The number of non-ortho nitro benzene ring substituents is 1. The van der Waals surface area contributed by atoms with E-state index in [1.54, 1.807) is 19.1 Å². The fourth-order valence-electron chi connectivity index (χ4n) is 4.36. The average Bonchev–Trinajstić information content (AvgIpc) is 2.68. The monoisotopic (exact) mass is 486 g/mol. The molecule has 1 aliphatic rings. The van der Waals surface area contributed by atoms with Gasteiger partial charge in [-0.25, -0.2) is 0 Å². The molecule has 3 atom stereocenters. The van der Waals surface area contributed by atoms with Crippen LogP contribution in [0, 0.1) is 16.0 Å². The lowest BCUT2D eigenvalue weighted by Gasteiger charge is -2.43. The van der Waals surface area contributed by atoms with Crippen molar-refractivity contribution < 1.29 is 19.6 Å². The average molecular weight is 487 g/mol. The summed E-state index contributed by atoms with van der Waals surface area (Å²) in [6, 6.07) is 13.1. The fourth-order valence-corrected chi connectivity index (χ4v) is 4.63. The van der Waals surface area contributed by atoms with Gasteiger partial charge < -0.3 is 10.4 Å². The highest BCUT2D eigenvalue weighted by Crippen LogP contribution is 2.48. The number of hydrogen-bond acceptors (Lipinski definition) is 6. The first-order chi connectivity index (χ1) is 14.5. The van der Waals surface area contributed by atoms with E-state index in [4.69, 9.17) is 0 Å². The highest BCUT2D eigenvalue weighted by molar-refractivity contribution is 9.10. The van der Waals surface area contributed by atoms with Gasteiger partial charge in [0, 0.05) is 45.9 Å². The van der Waals surface area contributed by atoms with E-state index in [2.05, 4.69) is 21.2 Å². The summed E-state index contributed by atoms with van der Waals surface area (Å²) in [4.78, 5) is 35.9. The molecule has 31 heavy (non-hydrogen) atoms. The summed E-state index contributed by atoms with van der Waals surface area (Å²) >= 11 is 3.38. The second-order valence-electron chi connectivity index (χ2n) is 8.03. The number of nitro groups is 1. The zero-order chi connectivity index (χ0) is 22.9. The maximum Gasteiger partial charge on any atom is 0.269 e. The minimum Gasteiger partial charge on any atom is -0.389 e. The van der Waals surface area contributed by atoms with Crippen LogP contribution >= 0.6 is 15.9 Å². The van der Waals surface area contributed by atoms with Gasteiger partial charge in [0.15, 0.2) is 5.78 Å². The molecule has 7 nitrogen and oxygen atoms in total. The van der Waals surface area contributed by atoms with Crippen molar-refractivity contribution in [2.45, 2.75) is 38.7 Å². The van der Waals surface area contributed by atoms with Crippen LogP contribution in [0.25, 0.3) is 0 Å². The van der Waals surface area contributed by atoms with Crippen molar-refractivity contribution in [2.24, 2.45) is 5.92 Å². The van der Waals surface area contributed by atoms with E-state index in [1.807, 2.05) is 24.3 Å². The van der Waals surface area contributed by atoms with Crippen molar-refractivity contribution in [3.8, 4) is 0 Å². The van der Waals surface area contributed by atoms with Crippen molar-refractivity contribution in [3.63, 3.8) is 0 Å². The Morgan fingerprint density at radius 3 is 2.19 bits per heavy atom. The number of Topliss-reactive ketones (excluding diaryl/α,β-unsaturated/α-hetero) is 2. The van der Waals surface area contributed by atoms with E-state index in [9.17, 15) is 24.8 Å². The second-order valence-corrected chi connectivity index (χ2v) is 8.94. The summed E-state index contributed by atoms with van der Waals surface area (Å²) in [6.45, 7) is 4.40. The molecular formula is C23H23BrN2O5. The number of ketones is 2. The van der Waals surface area contributed by atoms with Gasteiger partial charge in [-0.15, -0.1) is 0 Å². The molecule has 0 bridgehead atoms. The maximum atomic E-state index is 12.8. The third-order valence-electron chi connectivity index (χ3n) is 5.59. The molecular weight excluding hydrogens is 464 g/mol. The second kappa shape index (κ2) is 8.72. The lowest BCUT2D eigenvalue weighted by Crippen LogP contribution is -2.48. The number of rotatable bonds is 6. The summed E-state index contributed by atoms with van der Waals surface area (Å²) < 4.78 is 0.898. The number of hydrogen-bond donors (Lipinski definition) is 2. The van der Waals surface area contributed by atoms with Crippen molar-refractivity contribution in [3.05, 3.63) is 80.0 Å². The zero-order valence-corrected chi connectivity index (χ0v) is 19.0. The van der Waals surface area contributed by atoms with Gasteiger partial charge in [-0.1, -0.05) is 28.1 Å². The molecule has 0 fully saturated rings. The van der Waals surface area contributed by atoms with Gasteiger partial charge in [-0.2, -0.15) is 0 Å². The maximum absolute atomic E-state index is 12.8. The first-order valence-corrected chi connectivity index (χ1v) is 10.5. The number of carbonyl (C=O) groups is 2. The van der Waals surface area contributed by atoms with Crippen LogP contribution in [0.15, 0.2) is 64.3 Å². The van der Waals surface area contributed by atoms with E-state index >= 15 is 0 Å². The van der Waals surface area contributed by atoms with Crippen LogP contribution in [0.1, 0.15) is 38.7 Å². The number of carbonyl (C=O) groups excluding carboxylic acids is 2. The van der Waals surface area contributed by atoms with Crippen LogP contribution in [0.3, 0.4) is 0 Å². The number of nitro benzene ring substituents is 1. The summed E-state index contributed by atoms with van der Waals surface area (Å²) in [7, 11) is 0. The van der Waals surface area contributed by atoms with Gasteiger partial charge in [-0.3, -0.25) is 19.7 Å². The Morgan fingerprint density at radius 1 is 1.13 bits per heavy atom. The van der Waals surface area contributed by atoms with E-state index in [0.29, 0.717) is 16.8 Å². The highest BCUT2D eigenvalue weighted by atomic mass is 79.9. The predicted molar refractivity (Wildman–Crippen MR) is 121 cm³/mol. The summed E-state index contributed by atoms with van der Waals surface area (Å²) in [5, 5.41) is 25.5. The summed E-state index contributed by atoms with van der Waals surface area (Å²) in [6.07, 6.45) is 0.0890. The third-order valence-corrected chi connectivity index (χ3v) is 6.12. The molecule has 2 aromatic rings. The van der Waals surface area contributed by atoms with Gasteiger partial charge in [0.05, 0.1) is 16.4 Å². The van der Waals surface area contributed by atoms with Crippen LogP contribution in [0.5, 0.6) is 0 Å². The number of aliphatic hydroxyl groups is 1. The Morgan fingerprint density at radius 2 is 1.71 bits per heavy atom. The molecule has 8 heteroatoms. The van der Waals surface area contributed by atoms with Crippen molar-refractivity contribution in [1.29, 1.82) is 0 Å². The molecule has 0 amide bonds. The number of benzene rings is 2. The van der Waals surface area contributed by atoms with Crippen molar-refractivity contribution in [1.82, 2.24) is 0 Å². The normalized spacial score (nSPS) is 23.4. The molecule has 0 unspecified atom stereocenters. The number of nitrogens with one attached hydrogen (secondary N) is 1. The zero-order valence-electron chi connectivity index (χ0n) is 17.4. The molecule has 0 heterocycles. The highest BCUT2D eigenvalue weighted by Gasteiger charge is 2.49. The predicted octanol–water partition coefficient (Wildman–Crippen LogP) is 4.76. The van der Waals surface area contributed by atoms with Gasteiger partial charge >= 0.3 is 0 Å². The van der Waals surface area contributed by atoms with Crippen LogP contribution in [0.4, 0.5) is 11.4 Å². The number of nitrogens with zero attached hydrogens (tertiary/aromatic N) is 1. The standard InChI is InChI=1S/C23H23BrN2O5/c1-13(27)20-19(25-17-8-6-16(24)7-9-17)12-23(3,29)22(14(2)28)21(20)15-4-10-18(11-5-15)26(30)31/h4-11,21-22,25,29H,12H2,1-3H3/t21-,22-,23+/m1/s1. The summed E-state index contributed by atoms with van der Waals surface area (Å²) in [5.74, 6) is -2.10. The fraction of sp³-hybridized carbons (Fsp3) is 0.304. The molecule has 1 aliphatic carbocycles. The van der Waals surface area contributed by atoms with Crippen LogP contribution in [0.2, 0.25) is 0 Å². The molecule has 3 rings (SSSR count). The van der Waals surface area contributed by atoms with Crippen LogP contribution in [-0.2, 0) is 9.59 Å². The van der Waals surface area contributed by atoms with Crippen molar-refractivity contribution in [2.75, 3.05) is 5.32 Å². The molecule has 0 saturated carbocycles. The largest absolute Gasteiger partial charge is 0.389 e. The lowest BCUT2D eigenvalue weighted by molar-refractivity contribution is -0.384. The molecule has 0 spiro atoms. The van der Waals surface area contributed by atoms with E-state index in [0.717, 1.165) is 10.2 Å². The molecule has 2 aromatic carbocycles. The molecule has 0 saturated heterocycles. The third kappa shape index (κ3) is 4.75. The van der Waals surface area contributed by atoms with E-state index in [-0.39, 0.29) is 23.7 Å². The van der Waals surface area contributed by atoms with Crippen molar-refractivity contribution >= 4 is 38.9 Å². The van der Waals surface area contributed by atoms with Crippen LogP contribution in [-0.4, -0.2) is 27.2 Å². The number of allylic oxidation sites excluding steroid dienone is 1. The minimum atomic E-state index is -1.42. The van der Waals surface area contributed by atoms with Gasteiger partial charge in [-0.05, 0) is 50.6 Å².